The first-order chi connectivity index (χ1) is 12.7. The fourth-order valence-electron chi connectivity index (χ4n) is 2.79. The highest BCUT2D eigenvalue weighted by molar-refractivity contribution is 6.04. The monoisotopic (exact) mass is 372 g/mol. The van der Waals surface area contributed by atoms with Crippen molar-refractivity contribution in [3.05, 3.63) is 52.3 Å². The third kappa shape index (κ3) is 4.19. The molecular formula is C20H24N2O5. The topological polar surface area (TPSA) is 88.7 Å². The molecule has 1 aromatic carbocycles. The average molecular weight is 372 g/mol. The minimum Gasteiger partial charge on any atom is -0.465 e. The van der Waals surface area contributed by atoms with Gasteiger partial charge in [0.2, 0.25) is 5.78 Å². The molecule has 0 radical (unpaired) electrons. The second-order valence-corrected chi connectivity index (χ2v) is 6.47. The summed E-state index contributed by atoms with van der Waals surface area (Å²) in [6.07, 6.45) is -1.01. The fraction of sp³-hybridized carbons (Fsp3) is 0.350. The van der Waals surface area contributed by atoms with Crippen molar-refractivity contribution in [2.75, 3.05) is 26.1 Å². The number of hydrogen-bond donors (Lipinski definition) is 1. The highest BCUT2D eigenvalue weighted by atomic mass is 16.5. The van der Waals surface area contributed by atoms with Gasteiger partial charge in [-0.2, -0.15) is 0 Å². The molecule has 1 atom stereocenters. The molecule has 0 unspecified atom stereocenters. The van der Waals surface area contributed by atoms with Gasteiger partial charge >= 0.3 is 11.9 Å². The lowest BCUT2D eigenvalue weighted by atomic mass is 10.1. The van der Waals surface area contributed by atoms with Crippen LogP contribution in [-0.2, 0) is 9.47 Å². The molecule has 7 nitrogen and oxygen atoms in total. The Morgan fingerprint density at radius 2 is 1.63 bits per heavy atom. The van der Waals surface area contributed by atoms with Gasteiger partial charge in [-0.1, -0.05) is 0 Å². The second kappa shape index (κ2) is 8.07. The van der Waals surface area contributed by atoms with Crippen molar-refractivity contribution >= 4 is 23.4 Å². The summed E-state index contributed by atoms with van der Waals surface area (Å²) in [4.78, 5) is 41.7. The van der Waals surface area contributed by atoms with E-state index in [1.54, 1.807) is 38.1 Å². The zero-order valence-electron chi connectivity index (χ0n) is 16.4. The number of rotatable bonds is 6. The van der Waals surface area contributed by atoms with Crippen molar-refractivity contribution in [2.45, 2.75) is 26.9 Å². The molecule has 1 aromatic heterocycles. The first kappa shape index (κ1) is 20.2. The summed E-state index contributed by atoms with van der Waals surface area (Å²) in [5.41, 5.74) is 2.86. The summed E-state index contributed by atoms with van der Waals surface area (Å²) < 4.78 is 10.0. The molecule has 1 N–H and O–H groups in total. The van der Waals surface area contributed by atoms with Crippen molar-refractivity contribution in [3.8, 4) is 0 Å². The van der Waals surface area contributed by atoms with E-state index in [9.17, 15) is 14.4 Å². The third-order valence-corrected chi connectivity index (χ3v) is 4.35. The largest absolute Gasteiger partial charge is 0.465 e. The van der Waals surface area contributed by atoms with Crippen molar-refractivity contribution < 1.29 is 23.9 Å². The van der Waals surface area contributed by atoms with Crippen LogP contribution in [0.4, 0.5) is 5.69 Å². The number of Topliss-reactive ketones (excluding diaryl/α,β-unsaturated/α-hetero) is 1. The average Bonchev–Trinajstić information content (AvgIpc) is 2.94. The molecule has 0 bridgehead atoms. The number of benzene rings is 1. The van der Waals surface area contributed by atoms with Gasteiger partial charge in [0.25, 0.3) is 0 Å². The van der Waals surface area contributed by atoms with E-state index in [0.29, 0.717) is 22.4 Å². The molecule has 0 aliphatic heterocycles. The zero-order chi connectivity index (χ0) is 20.3. The Balaban J connectivity index is 2.16. The maximum absolute atomic E-state index is 12.7. The van der Waals surface area contributed by atoms with E-state index in [1.165, 1.54) is 14.0 Å². The molecule has 144 valence electrons. The molecule has 0 spiro atoms. The number of esters is 2. The number of methoxy groups -OCH3 is 1. The van der Waals surface area contributed by atoms with Crippen molar-refractivity contribution in [2.24, 2.45) is 0 Å². The number of ketones is 1. The molecule has 0 aliphatic carbocycles. The quantitative estimate of drug-likeness (QED) is 0.620. The van der Waals surface area contributed by atoms with E-state index in [4.69, 9.17) is 9.47 Å². The van der Waals surface area contributed by atoms with Crippen LogP contribution < -0.4 is 4.90 Å². The number of nitrogens with zero attached hydrogens (tertiary/aromatic N) is 1. The number of ether oxygens (including phenoxy) is 2. The number of H-pyrrole nitrogens is 1. The lowest BCUT2D eigenvalue weighted by Crippen LogP contribution is -2.25. The first-order valence-electron chi connectivity index (χ1n) is 8.47. The molecule has 2 aromatic rings. The third-order valence-electron chi connectivity index (χ3n) is 4.35. The number of nitrogens with one attached hydrogen (secondary N) is 1. The molecule has 0 amide bonds. The normalized spacial score (nSPS) is 11.6. The highest BCUT2D eigenvalue weighted by Crippen LogP contribution is 2.21. The predicted molar refractivity (Wildman–Crippen MR) is 102 cm³/mol. The molecular weight excluding hydrogens is 348 g/mol. The SMILES string of the molecule is COC(=O)c1c(C)[nH]c(C(=O)[C@H](C)OC(=O)c2ccc(N(C)C)cc2)c1C. The van der Waals surface area contributed by atoms with Gasteiger partial charge in [0.15, 0.2) is 6.10 Å². The van der Waals surface area contributed by atoms with E-state index in [1.807, 2.05) is 19.0 Å². The Kier molecular flexibility index (Phi) is 6.05. The van der Waals surface area contributed by atoms with Crippen LogP contribution >= 0.6 is 0 Å². The lowest BCUT2D eigenvalue weighted by Gasteiger charge is -2.14. The van der Waals surface area contributed by atoms with E-state index >= 15 is 0 Å². The molecule has 0 saturated carbocycles. The molecule has 0 aliphatic rings. The molecule has 1 heterocycles. The number of hydrogen-bond acceptors (Lipinski definition) is 6. The van der Waals surface area contributed by atoms with Crippen LogP contribution in [0, 0.1) is 13.8 Å². The number of anilines is 1. The van der Waals surface area contributed by atoms with Gasteiger partial charge in [-0.05, 0) is 50.6 Å². The molecule has 7 heteroatoms. The summed E-state index contributed by atoms with van der Waals surface area (Å²) >= 11 is 0. The fourth-order valence-corrected chi connectivity index (χ4v) is 2.79. The maximum atomic E-state index is 12.7. The number of carbonyl (C=O) groups is 3. The Labute approximate surface area is 158 Å². The smallest absolute Gasteiger partial charge is 0.339 e. The van der Waals surface area contributed by atoms with E-state index in [0.717, 1.165) is 5.69 Å². The van der Waals surface area contributed by atoms with Crippen LogP contribution in [0.1, 0.15) is 49.4 Å². The van der Waals surface area contributed by atoms with Crippen molar-refractivity contribution in [1.82, 2.24) is 4.98 Å². The van der Waals surface area contributed by atoms with Crippen LogP contribution in [0.2, 0.25) is 0 Å². The minimum absolute atomic E-state index is 0.233. The standard InChI is InChI=1S/C20H24N2O5/c1-11-16(20(25)26-6)12(2)21-17(11)18(23)13(3)27-19(24)14-7-9-15(10-8-14)22(4)5/h7-10,13,21H,1-6H3/t13-/m0/s1. The number of aromatic amines is 1. The van der Waals surface area contributed by atoms with Gasteiger partial charge in [-0.25, -0.2) is 9.59 Å². The number of aryl methyl sites for hydroxylation is 1. The Hall–Kier alpha value is -3.09. The van der Waals surface area contributed by atoms with Gasteiger partial charge in [0, 0.05) is 25.5 Å². The lowest BCUT2D eigenvalue weighted by molar-refractivity contribution is 0.0316. The van der Waals surface area contributed by atoms with Gasteiger partial charge in [0.1, 0.15) is 0 Å². The van der Waals surface area contributed by atoms with E-state index in [2.05, 4.69) is 4.98 Å². The summed E-state index contributed by atoms with van der Waals surface area (Å²) in [6, 6.07) is 6.89. The molecule has 0 fully saturated rings. The molecule has 27 heavy (non-hydrogen) atoms. The van der Waals surface area contributed by atoms with Gasteiger partial charge < -0.3 is 19.4 Å². The number of aromatic nitrogens is 1. The van der Waals surface area contributed by atoms with E-state index < -0.39 is 23.8 Å². The van der Waals surface area contributed by atoms with Gasteiger partial charge in [-0.3, -0.25) is 4.79 Å². The first-order valence-corrected chi connectivity index (χ1v) is 8.47. The Morgan fingerprint density at radius 3 is 2.15 bits per heavy atom. The minimum atomic E-state index is -1.01. The predicted octanol–water partition coefficient (Wildman–Crippen LogP) is 2.91. The van der Waals surface area contributed by atoms with Crippen LogP contribution in [0.15, 0.2) is 24.3 Å². The van der Waals surface area contributed by atoms with Crippen molar-refractivity contribution in [1.29, 1.82) is 0 Å². The highest BCUT2D eigenvalue weighted by Gasteiger charge is 2.27. The summed E-state index contributed by atoms with van der Waals surface area (Å²) in [7, 11) is 5.08. The van der Waals surface area contributed by atoms with Crippen LogP contribution in [0.5, 0.6) is 0 Å². The van der Waals surface area contributed by atoms with Gasteiger partial charge in [0.05, 0.1) is 23.9 Å². The second-order valence-electron chi connectivity index (χ2n) is 6.47. The summed E-state index contributed by atoms with van der Waals surface area (Å²) in [6.45, 7) is 4.83. The zero-order valence-corrected chi connectivity index (χ0v) is 16.4. The van der Waals surface area contributed by atoms with Crippen LogP contribution in [0.25, 0.3) is 0 Å². The molecule has 2 rings (SSSR count). The van der Waals surface area contributed by atoms with Crippen LogP contribution in [0.3, 0.4) is 0 Å². The van der Waals surface area contributed by atoms with Crippen LogP contribution in [-0.4, -0.2) is 50.0 Å². The van der Waals surface area contributed by atoms with Crippen molar-refractivity contribution in [3.63, 3.8) is 0 Å². The summed E-state index contributed by atoms with van der Waals surface area (Å²) in [5, 5.41) is 0. The van der Waals surface area contributed by atoms with E-state index in [-0.39, 0.29) is 5.69 Å². The number of carbonyl (C=O) groups excluding carboxylic acids is 3. The maximum Gasteiger partial charge on any atom is 0.339 e. The van der Waals surface area contributed by atoms with Gasteiger partial charge in [-0.15, -0.1) is 0 Å². The Bertz CT molecular complexity index is 865. The Morgan fingerprint density at radius 1 is 1.04 bits per heavy atom. The summed E-state index contributed by atoms with van der Waals surface area (Å²) in [5.74, 6) is -1.52. The molecule has 0 saturated heterocycles.